The summed E-state index contributed by atoms with van der Waals surface area (Å²) in [6, 6.07) is -0.0541. The van der Waals surface area contributed by atoms with Crippen LogP contribution in [0.2, 0.25) is 0 Å². The SMILES string of the molecule is Cc1cocc1C(N)C1CSCCO1. The van der Waals surface area contributed by atoms with Gasteiger partial charge in [-0.15, -0.1) is 0 Å². The Morgan fingerprint density at radius 3 is 3.00 bits per heavy atom. The van der Waals surface area contributed by atoms with Crippen molar-refractivity contribution < 1.29 is 9.15 Å². The van der Waals surface area contributed by atoms with Crippen LogP contribution in [0.15, 0.2) is 16.9 Å². The van der Waals surface area contributed by atoms with E-state index in [9.17, 15) is 0 Å². The molecule has 0 aromatic carbocycles. The molecule has 0 amide bonds. The molecule has 78 valence electrons. The zero-order valence-corrected chi connectivity index (χ0v) is 9.05. The van der Waals surface area contributed by atoms with Crippen molar-refractivity contribution >= 4 is 11.8 Å². The van der Waals surface area contributed by atoms with Crippen molar-refractivity contribution in [1.29, 1.82) is 0 Å². The summed E-state index contributed by atoms with van der Waals surface area (Å²) in [5.41, 5.74) is 8.29. The predicted molar refractivity (Wildman–Crippen MR) is 57.4 cm³/mol. The molecule has 1 aromatic heterocycles. The molecule has 0 radical (unpaired) electrons. The Hall–Kier alpha value is -0.450. The summed E-state index contributed by atoms with van der Waals surface area (Å²) in [7, 11) is 0. The highest BCUT2D eigenvalue weighted by Crippen LogP contribution is 2.26. The van der Waals surface area contributed by atoms with Crippen molar-refractivity contribution in [2.75, 3.05) is 18.1 Å². The van der Waals surface area contributed by atoms with Crippen LogP contribution < -0.4 is 5.73 Å². The molecule has 1 fully saturated rings. The molecule has 14 heavy (non-hydrogen) atoms. The van der Waals surface area contributed by atoms with Crippen LogP contribution in [-0.4, -0.2) is 24.2 Å². The minimum atomic E-state index is -0.0541. The van der Waals surface area contributed by atoms with Gasteiger partial charge in [-0.2, -0.15) is 11.8 Å². The van der Waals surface area contributed by atoms with E-state index in [1.807, 2.05) is 18.7 Å². The fourth-order valence-electron chi connectivity index (χ4n) is 1.63. The third kappa shape index (κ3) is 1.97. The van der Waals surface area contributed by atoms with Crippen LogP contribution in [0.25, 0.3) is 0 Å². The third-order valence-electron chi connectivity index (χ3n) is 2.50. The molecule has 1 aliphatic heterocycles. The minimum absolute atomic E-state index is 0.0541. The van der Waals surface area contributed by atoms with Gasteiger partial charge in [-0.1, -0.05) is 0 Å². The van der Waals surface area contributed by atoms with Gasteiger partial charge in [0.2, 0.25) is 0 Å². The Balaban J connectivity index is 2.07. The highest BCUT2D eigenvalue weighted by molar-refractivity contribution is 7.99. The van der Waals surface area contributed by atoms with Crippen LogP contribution >= 0.6 is 11.8 Å². The smallest absolute Gasteiger partial charge is 0.0954 e. The number of hydrogen-bond donors (Lipinski definition) is 1. The fraction of sp³-hybridized carbons (Fsp3) is 0.600. The highest BCUT2D eigenvalue weighted by Gasteiger charge is 2.24. The van der Waals surface area contributed by atoms with Crippen molar-refractivity contribution in [2.24, 2.45) is 5.73 Å². The molecule has 0 saturated carbocycles. The van der Waals surface area contributed by atoms with Crippen molar-refractivity contribution in [2.45, 2.75) is 19.1 Å². The molecule has 0 bridgehead atoms. The molecule has 1 aromatic rings. The number of ether oxygens (including phenoxy) is 1. The molecule has 2 atom stereocenters. The van der Waals surface area contributed by atoms with Crippen molar-refractivity contribution in [1.82, 2.24) is 0 Å². The normalized spacial score (nSPS) is 24.9. The topological polar surface area (TPSA) is 48.4 Å². The maximum Gasteiger partial charge on any atom is 0.0954 e. The Bertz CT molecular complexity index is 294. The quantitative estimate of drug-likeness (QED) is 0.812. The summed E-state index contributed by atoms with van der Waals surface area (Å²) in [5.74, 6) is 2.05. The number of thioether (sulfide) groups is 1. The predicted octanol–water partition coefficient (Wildman–Crippen LogP) is 1.72. The van der Waals surface area contributed by atoms with Crippen LogP contribution in [-0.2, 0) is 4.74 Å². The van der Waals surface area contributed by atoms with E-state index in [0.29, 0.717) is 0 Å². The van der Waals surface area contributed by atoms with E-state index in [2.05, 4.69) is 0 Å². The number of nitrogens with two attached hydrogens (primary N) is 1. The highest BCUT2D eigenvalue weighted by atomic mass is 32.2. The number of furan rings is 1. The van der Waals surface area contributed by atoms with Crippen LogP contribution in [0, 0.1) is 6.92 Å². The van der Waals surface area contributed by atoms with Gasteiger partial charge in [0.05, 0.1) is 31.3 Å². The molecule has 2 unspecified atom stereocenters. The molecule has 0 aliphatic carbocycles. The van der Waals surface area contributed by atoms with E-state index in [0.717, 1.165) is 29.2 Å². The Morgan fingerprint density at radius 1 is 1.57 bits per heavy atom. The summed E-state index contributed by atoms with van der Waals surface area (Å²) in [6.07, 6.45) is 3.58. The van der Waals surface area contributed by atoms with E-state index in [-0.39, 0.29) is 12.1 Å². The van der Waals surface area contributed by atoms with Gasteiger partial charge in [-0.25, -0.2) is 0 Å². The van der Waals surface area contributed by atoms with E-state index < -0.39 is 0 Å². The molecule has 3 nitrogen and oxygen atoms in total. The lowest BCUT2D eigenvalue weighted by Crippen LogP contribution is -2.34. The maximum absolute atomic E-state index is 6.12. The molecule has 2 heterocycles. The Kier molecular flexibility index (Phi) is 3.15. The molecule has 4 heteroatoms. The monoisotopic (exact) mass is 213 g/mol. The molecule has 0 spiro atoms. The number of rotatable bonds is 2. The maximum atomic E-state index is 6.12. The first-order valence-electron chi connectivity index (χ1n) is 4.76. The summed E-state index contributed by atoms with van der Waals surface area (Å²) in [6.45, 7) is 2.81. The van der Waals surface area contributed by atoms with Crippen molar-refractivity contribution in [3.8, 4) is 0 Å². The molecule has 1 saturated heterocycles. The van der Waals surface area contributed by atoms with E-state index in [4.69, 9.17) is 14.9 Å². The van der Waals surface area contributed by atoms with Gasteiger partial charge < -0.3 is 14.9 Å². The van der Waals surface area contributed by atoms with E-state index in [1.165, 1.54) is 0 Å². The lowest BCUT2D eigenvalue weighted by atomic mass is 10.0. The lowest BCUT2D eigenvalue weighted by molar-refractivity contribution is 0.0566. The standard InChI is InChI=1S/C10H15NO2S/c1-7-4-12-5-8(7)10(11)9-6-14-3-2-13-9/h4-5,9-10H,2-3,6,11H2,1H3. The van der Waals surface area contributed by atoms with Crippen LogP contribution in [0.1, 0.15) is 17.2 Å². The molecular weight excluding hydrogens is 198 g/mol. The average molecular weight is 213 g/mol. The summed E-state index contributed by atoms with van der Waals surface area (Å²) >= 11 is 1.90. The Labute approximate surface area is 88.0 Å². The van der Waals surface area contributed by atoms with Gasteiger partial charge in [-0.05, 0) is 12.5 Å². The van der Waals surface area contributed by atoms with Gasteiger partial charge in [0, 0.05) is 17.1 Å². The third-order valence-corrected chi connectivity index (χ3v) is 3.52. The molecule has 1 aliphatic rings. The first-order chi connectivity index (χ1) is 6.79. The number of hydrogen-bond acceptors (Lipinski definition) is 4. The van der Waals surface area contributed by atoms with E-state index in [1.54, 1.807) is 12.5 Å². The molecule has 2 N–H and O–H groups in total. The molecular formula is C10H15NO2S. The summed E-state index contributed by atoms with van der Waals surface area (Å²) < 4.78 is 10.7. The van der Waals surface area contributed by atoms with Crippen molar-refractivity contribution in [3.05, 3.63) is 23.7 Å². The van der Waals surface area contributed by atoms with E-state index >= 15 is 0 Å². The van der Waals surface area contributed by atoms with Gasteiger partial charge in [0.1, 0.15) is 0 Å². The van der Waals surface area contributed by atoms with Crippen molar-refractivity contribution in [3.63, 3.8) is 0 Å². The minimum Gasteiger partial charge on any atom is -0.472 e. The largest absolute Gasteiger partial charge is 0.472 e. The summed E-state index contributed by atoms with van der Waals surface area (Å²) in [5, 5.41) is 0. The van der Waals surface area contributed by atoms with Crippen LogP contribution in [0.4, 0.5) is 0 Å². The number of aryl methyl sites for hydroxylation is 1. The Morgan fingerprint density at radius 2 is 2.43 bits per heavy atom. The first kappa shape index (κ1) is 10.1. The zero-order chi connectivity index (χ0) is 9.97. The van der Waals surface area contributed by atoms with Gasteiger partial charge in [-0.3, -0.25) is 0 Å². The lowest BCUT2D eigenvalue weighted by Gasteiger charge is -2.27. The zero-order valence-electron chi connectivity index (χ0n) is 8.23. The average Bonchev–Trinajstić information content (AvgIpc) is 2.65. The van der Waals surface area contributed by atoms with Gasteiger partial charge in [0.15, 0.2) is 0 Å². The fourth-order valence-corrected chi connectivity index (χ4v) is 2.54. The molecule has 2 rings (SSSR count). The van der Waals surface area contributed by atoms with Gasteiger partial charge >= 0.3 is 0 Å². The summed E-state index contributed by atoms with van der Waals surface area (Å²) in [4.78, 5) is 0. The van der Waals surface area contributed by atoms with Crippen LogP contribution in [0.3, 0.4) is 0 Å². The second kappa shape index (κ2) is 4.38. The second-order valence-electron chi connectivity index (χ2n) is 3.52. The van der Waals surface area contributed by atoms with Crippen LogP contribution in [0.5, 0.6) is 0 Å². The second-order valence-corrected chi connectivity index (χ2v) is 4.67. The first-order valence-corrected chi connectivity index (χ1v) is 5.92. The van der Waals surface area contributed by atoms with Gasteiger partial charge in [0.25, 0.3) is 0 Å².